The number of ether oxygens (including phenoxy) is 1. The van der Waals surface area contributed by atoms with Gasteiger partial charge in [0.05, 0.1) is 6.61 Å². The third-order valence-electron chi connectivity index (χ3n) is 4.61. The number of carbonyl (C=O) groups is 3. The van der Waals surface area contributed by atoms with Gasteiger partial charge in [0.1, 0.15) is 0 Å². The fourth-order valence-electron chi connectivity index (χ4n) is 3.29. The molecule has 0 N–H and O–H groups in total. The van der Waals surface area contributed by atoms with Crippen molar-refractivity contribution >= 4 is 23.6 Å². The van der Waals surface area contributed by atoms with E-state index in [0.717, 1.165) is 16.8 Å². The Kier molecular flexibility index (Phi) is 7.21. The molecule has 1 heterocycles. The van der Waals surface area contributed by atoms with Gasteiger partial charge in [-0.2, -0.15) is 0 Å². The van der Waals surface area contributed by atoms with Gasteiger partial charge in [-0.05, 0) is 44.0 Å². The first-order valence-corrected chi connectivity index (χ1v) is 9.37. The van der Waals surface area contributed by atoms with Crippen LogP contribution in [0.3, 0.4) is 0 Å². The summed E-state index contributed by atoms with van der Waals surface area (Å²) in [6.07, 6.45) is -0.0754. The second-order valence-electron chi connectivity index (χ2n) is 6.83. The zero-order valence-corrected chi connectivity index (χ0v) is 16.7. The fraction of sp³-hybridized carbons (Fsp3) is 0.550. The van der Waals surface area contributed by atoms with Gasteiger partial charge in [-0.25, -0.2) is 4.79 Å². The van der Waals surface area contributed by atoms with Gasteiger partial charge in [-0.15, -0.1) is 0 Å². The van der Waals surface area contributed by atoms with E-state index < -0.39 is 0 Å². The SMILES string of the molecule is CCOC(=O)N1CCN(C(=O)CCN(C(C)=O)c2cc(C)cc(C)c2)CC1. The first-order valence-electron chi connectivity index (χ1n) is 9.37. The number of rotatable bonds is 5. The van der Waals surface area contributed by atoms with Crippen molar-refractivity contribution in [3.8, 4) is 0 Å². The lowest BCUT2D eigenvalue weighted by molar-refractivity contribution is -0.132. The number of carbonyl (C=O) groups excluding carboxylic acids is 3. The third kappa shape index (κ3) is 5.70. The minimum Gasteiger partial charge on any atom is -0.450 e. The van der Waals surface area contributed by atoms with E-state index in [9.17, 15) is 14.4 Å². The standard InChI is InChI=1S/C20H29N3O4/c1-5-27-20(26)22-10-8-21(9-11-22)19(25)6-7-23(17(4)24)18-13-15(2)12-16(3)14-18/h12-14H,5-11H2,1-4H3. The maximum atomic E-state index is 12.5. The van der Waals surface area contributed by atoms with E-state index in [4.69, 9.17) is 4.74 Å². The summed E-state index contributed by atoms with van der Waals surface area (Å²) in [5, 5.41) is 0. The van der Waals surface area contributed by atoms with Gasteiger partial charge in [0, 0.05) is 51.8 Å². The minimum absolute atomic E-state index is 0.00543. The summed E-state index contributed by atoms with van der Waals surface area (Å²) in [6, 6.07) is 5.96. The van der Waals surface area contributed by atoms with Crippen LogP contribution < -0.4 is 4.90 Å². The van der Waals surface area contributed by atoms with Crippen molar-refractivity contribution in [3.63, 3.8) is 0 Å². The van der Waals surface area contributed by atoms with Gasteiger partial charge in [0.25, 0.3) is 0 Å². The molecule has 0 atom stereocenters. The zero-order valence-electron chi connectivity index (χ0n) is 16.7. The minimum atomic E-state index is -0.331. The van der Waals surface area contributed by atoms with Crippen LogP contribution in [0.15, 0.2) is 18.2 Å². The molecule has 3 amide bonds. The maximum absolute atomic E-state index is 12.5. The molecule has 148 valence electrons. The zero-order chi connectivity index (χ0) is 20.0. The maximum Gasteiger partial charge on any atom is 0.409 e. The molecule has 7 nitrogen and oxygen atoms in total. The van der Waals surface area contributed by atoms with Crippen molar-refractivity contribution in [1.82, 2.24) is 9.80 Å². The van der Waals surface area contributed by atoms with E-state index in [1.807, 2.05) is 26.0 Å². The summed E-state index contributed by atoms with van der Waals surface area (Å²) in [5.41, 5.74) is 2.98. The van der Waals surface area contributed by atoms with Crippen LogP contribution in [0.5, 0.6) is 0 Å². The summed E-state index contributed by atoms with van der Waals surface area (Å²) in [7, 11) is 0. The second kappa shape index (κ2) is 9.39. The monoisotopic (exact) mass is 375 g/mol. The third-order valence-corrected chi connectivity index (χ3v) is 4.61. The molecule has 1 aliphatic rings. The summed E-state index contributed by atoms with van der Waals surface area (Å²) >= 11 is 0. The summed E-state index contributed by atoms with van der Waals surface area (Å²) in [6.45, 7) is 9.87. The Morgan fingerprint density at radius 3 is 2.07 bits per heavy atom. The van der Waals surface area contributed by atoms with E-state index in [1.54, 1.807) is 21.6 Å². The molecule has 0 bridgehead atoms. The number of hydrogen-bond donors (Lipinski definition) is 0. The lowest BCUT2D eigenvalue weighted by atomic mass is 10.1. The van der Waals surface area contributed by atoms with Crippen molar-refractivity contribution < 1.29 is 19.1 Å². The molecule has 7 heteroatoms. The molecule has 1 fully saturated rings. The molecule has 0 aliphatic carbocycles. The van der Waals surface area contributed by atoms with Crippen LogP contribution in [-0.2, 0) is 14.3 Å². The Bertz CT molecular complexity index is 676. The van der Waals surface area contributed by atoms with Crippen molar-refractivity contribution in [2.24, 2.45) is 0 Å². The van der Waals surface area contributed by atoms with Crippen molar-refractivity contribution in [2.75, 3.05) is 44.2 Å². The van der Waals surface area contributed by atoms with Gasteiger partial charge >= 0.3 is 6.09 Å². The van der Waals surface area contributed by atoms with Crippen LogP contribution in [0.4, 0.5) is 10.5 Å². The molecule has 0 unspecified atom stereocenters. The van der Waals surface area contributed by atoms with Gasteiger partial charge in [0.2, 0.25) is 11.8 Å². The summed E-state index contributed by atoms with van der Waals surface area (Å²) in [4.78, 5) is 41.4. The molecular formula is C20H29N3O4. The molecule has 1 saturated heterocycles. The molecule has 0 aromatic heterocycles. The number of hydrogen-bond acceptors (Lipinski definition) is 4. The first kappa shape index (κ1) is 20.7. The van der Waals surface area contributed by atoms with Crippen molar-refractivity contribution in [1.29, 1.82) is 0 Å². The number of anilines is 1. The molecular weight excluding hydrogens is 346 g/mol. The molecule has 1 aliphatic heterocycles. The Morgan fingerprint density at radius 1 is 1.00 bits per heavy atom. The predicted molar refractivity (Wildman–Crippen MR) is 104 cm³/mol. The Balaban J connectivity index is 1.91. The number of piperazine rings is 1. The van der Waals surface area contributed by atoms with Gasteiger partial charge in [0.15, 0.2) is 0 Å². The van der Waals surface area contributed by atoms with E-state index in [2.05, 4.69) is 6.07 Å². The molecule has 27 heavy (non-hydrogen) atoms. The quantitative estimate of drug-likeness (QED) is 0.792. The van der Waals surface area contributed by atoms with Crippen LogP contribution in [0.1, 0.15) is 31.4 Å². The summed E-state index contributed by atoms with van der Waals surface area (Å²) in [5.74, 6) is -0.0888. The van der Waals surface area contributed by atoms with Crippen LogP contribution in [0.25, 0.3) is 0 Å². The van der Waals surface area contributed by atoms with Gasteiger partial charge < -0.3 is 19.4 Å². The highest BCUT2D eigenvalue weighted by molar-refractivity contribution is 5.92. The number of aryl methyl sites for hydroxylation is 2. The topological polar surface area (TPSA) is 70.2 Å². The molecule has 0 radical (unpaired) electrons. The Morgan fingerprint density at radius 2 is 1.56 bits per heavy atom. The summed E-state index contributed by atoms with van der Waals surface area (Å²) < 4.78 is 4.99. The van der Waals surface area contributed by atoms with Crippen LogP contribution in [0.2, 0.25) is 0 Å². The molecule has 2 rings (SSSR count). The average Bonchev–Trinajstić information content (AvgIpc) is 2.61. The normalized spacial score (nSPS) is 14.1. The fourth-order valence-corrected chi connectivity index (χ4v) is 3.29. The second-order valence-corrected chi connectivity index (χ2v) is 6.83. The lowest BCUT2D eigenvalue weighted by Gasteiger charge is -2.34. The lowest BCUT2D eigenvalue weighted by Crippen LogP contribution is -2.51. The average molecular weight is 375 g/mol. The van der Waals surface area contributed by atoms with Crippen molar-refractivity contribution in [3.05, 3.63) is 29.3 Å². The molecule has 0 spiro atoms. The van der Waals surface area contributed by atoms with E-state index in [1.165, 1.54) is 6.92 Å². The molecule has 1 aromatic carbocycles. The molecule has 1 aromatic rings. The van der Waals surface area contributed by atoms with Crippen LogP contribution >= 0.6 is 0 Å². The predicted octanol–water partition coefficient (Wildman–Crippen LogP) is 2.35. The smallest absolute Gasteiger partial charge is 0.409 e. The van der Waals surface area contributed by atoms with Gasteiger partial charge in [-0.1, -0.05) is 6.07 Å². The highest BCUT2D eigenvalue weighted by Gasteiger charge is 2.25. The Labute approximate surface area is 160 Å². The van der Waals surface area contributed by atoms with E-state index >= 15 is 0 Å². The largest absolute Gasteiger partial charge is 0.450 e. The Hall–Kier alpha value is -2.57. The van der Waals surface area contributed by atoms with E-state index in [-0.39, 0.29) is 24.3 Å². The number of amides is 3. The number of benzene rings is 1. The first-order chi connectivity index (χ1) is 12.8. The highest BCUT2D eigenvalue weighted by atomic mass is 16.6. The van der Waals surface area contributed by atoms with Crippen molar-refractivity contribution in [2.45, 2.75) is 34.1 Å². The number of nitrogens with zero attached hydrogens (tertiary/aromatic N) is 3. The highest BCUT2D eigenvalue weighted by Crippen LogP contribution is 2.19. The van der Waals surface area contributed by atoms with Gasteiger partial charge in [-0.3, -0.25) is 9.59 Å². The molecule has 0 saturated carbocycles. The van der Waals surface area contributed by atoms with Crippen LogP contribution in [-0.4, -0.2) is 67.0 Å². The van der Waals surface area contributed by atoms with E-state index in [0.29, 0.717) is 39.3 Å². The van der Waals surface area contributed by atoms with Crippen LogP contribution in [0, 0.1) is 13.8 Å².